The van der Waals surface area contributed by atoms with E-state index in [2.05, 4.69) is 10.6 Å². The Morgan fingerprint density at radius 1 is 1.04 bits per heavy atom. The number of carbonyl (C=O) groups excluding carboxylic acids is 1. The smallest absolute Gasteiger partial charge is 0.221 e. The first-order valence-corrected chi connectivity index (χ1v) is 7.98. The zero-order valence-electron chi connectivity index (χ0n) is 12.8. The SMILES string of the molecule is O=C(CCNCCc1ccc(Cl)cc1)NCc1ccccc1F. The Bertz CT molecular complexity index is 631. The molecule has 0 heterocycles. The van der Waals surface area contributed by atoms with Crippen LogP contribution in [0.25, 0.3) is 0 Å². The number of amides is 1. The van der Waals surface area contributed by atoms with Gasteiger partial charge in [0.1, 0.15) is 5.82 Å². The topological polar surface area (TPSA) is 41.1 Å². The van der Waals surface area contributed by atoms with Crippen molar-refractivity contribution in [3.8, 4) is 0 Å². The fourth-order valence-electron chi connectivity index (χ4n) is 2.13. The molecule has 122 valence electrons. The van der Waals surface area contributed by atoms with Gasteiger partial charge >= 0.3 is 0 Å². The molecule has 1 amide bonds. The normalized spacial score (nSPS) is 10.5. The molecule has 0 aromatic heterocycles. The third-order valence-corrected chi connectivity index (χ3v) is 3.72. The molecule has 0 radical (unpaired) electrons. The number of carbonyl (C=O) groups is 1. The lowest BCUT2D eigenvalue weighted by molar-refractivity contribution is -0.121. The molecule has 2 aromatic carbocycles. The van der Waals surface area contributed by atoms with Gasteiger partial charge in [-0.25, -0.2) is 4.39 Å². The predicted octanol–water partition coefficient (Wildman–Crippen LogP) is 3.32. The molecular weight excluding hydrogens is 315 g/mol. The molecule has 23 heavy (non-hydrogen) atoms. The van der Waals surface area contributed by atoms with Crippen LogP contribution in [-0.4, -0.2) is 19.0 Å². The average molecular weight is 335 g/mol. The largest absolute Gasteiger partial charge is 0.352 e. The van der Waals surface area contributed by atoms with E-state index in [1.54, 1.807) is 18.2 Å². The number of halogens is 2. The van der Waals surface area contributed by atoms with E-state index in [1.165, 1.54) is 11.6 Å². The summed E-state index contributed by atoms with van der Waals surface area (Å²) in [6.07, 6.45) is 1.25. The van der Waals surface area contributed by atoms with Gasteiger partial charge in [-0.15, -0.1) is 0 Å². The van der Waals surface area contributed by atoms with Gasteiger partial charge in [0.2, 0.25) is 5.91 Å². The van der Waals surface area contributed by atoms with Crippen LogP contribution in [0.3, 0.4) is 0 Å². The van der Waals surface area contributed by atoms with Gasteiger partial charge in [-0.2, -0.15) is 0 Å². The van der Waals surface area contributed by atoms with Crippen molar-refractivity contribution in [2.75, 3.05) is 13.1 Å². The van der Waals surface area contributed by atoms with Crippen LogP contribution in [0.4, 0.5) is 4.39 Å². The van der Waals surface area contributed by atoms with Gasteiger partial charge in [-0.3, -0.25) is 4.79 Å². The lowest BCUT2D eigenvalue weighted by atomic mass is 10.1. The first-order chi connectivity index (χ1) is 11.1. The molecule has 0 aliphatic rings. The Kier molecular flexibility index (Phi) is 7.04. The fraction of sp³-hybridized carbons (Fsp3) is 0.278. The Hall–Kier alpha value is -1.91. The van der Waals surface area contributed by atoms with E-state index < -0.39 is 0 Å². The third kappa shape index (κ3) is 6.38. The zero-order chi connectivity index (χ0) is 16.5. The molecule has 0 unspecified atom stereocenters. The first kappa shape index (κ1) is 17.4. The van der Waals surface area contributed by atoms with E-state index in [9.17, 15) is 9.18 Å². The van der Waals surface area contributed by atoms with Crippen LogP contribution in [-0.2, 0) is 17.8 Å². The summed E-state index contributed by atoms with van der Waals surface area (Å²) in [6.45, 7) is 1.61. The molecule has 0 saturated heterocycles. The van der Waals surface area contributed by atoms with Crippen LogP contribution in [0, 0.1) is 5.82 Å². The van der Waals surface area contributed by atoms with Crippen molar-refractivity contribution in [3.05, 3.63) is 70.5 Å². The zero-order valence-corrected chi connectivity index (χ0v) is 13.6. The second-order valence-electron chi connectivity index (χ2n) is 5.24. The summed E-state index contributed by atoms with van der Waals surface area (Å²) in [5.41, 5.74) is 1.70. The molecule has 0 atom stereocenters. The van der Waals surface area contributed by atoms with Gasteiger partial charge in [0.05, 0.1) is 0 Å². The van der Waals surface area contributed by atoms with Crippen LogP contribution in [0.15, 0.2) is 48.5 Å². The van der Waals surface area contributed by atoms with E-state index in [1.807, 2.05) is 24.3 Å². The summed E-state index contributed by atoms with van der Waals surface area (Å²) in [7, 11) is 0. The molecule has 5 heteroatoms. The average Bonchev–Trinajstić information content (AvgIpc) is 2.55. The minimum atomic E-state index is -0.297. The summed E-state index contributed by atoms with van der Waals surface area (Å²) in [4.78, 5) is 11.7. The molecule has 0 aliphatic heterocycles. The summed E-state index contributed by atoms with van der Waals surface area (Å²) >= 11 is 5.83. The van der Waals surface area contributed by atoms with Gasteiger partial charge in [0.15, 0.2) is 0 Å². The Balaban J connectivity index is 1.58. The number of nitrogens with one attached hydrogen (secondary N) is 2. The van der Waals surface area contributed by atoms with Crippen LogP contribution >= 0.6 is 11.6 Å². The minimum absolute atomic E-state index is 0.0905. The standard InChI is InChI=1S/C18H20ClFN2O/c19-16-7-5-14(6-8-16)9-11-21-12-10-18(23)22-13-15-3-1-2-4-17(15)20/h1-8,21H,9-13H2,(H,22,23). The summed E-state index contributed by atoms with van der Waals surface area (Å²) in [5.74, 6) is -0.388. The Labute approximate surface area is 140 Å². The highest BCUT2D eigenvalue weighted by Gasteiger charge is 2.04. The maximum absolute atomic E-state index is 13.4. The van der Waals surface area contributed by atoms with E-state index >= 15 is 0 Å². The van der Waals surface area contributed by atoms with Crippen molar-refractivity contribution in [3.63, 3.8) is 0 Å². The van der Waals surface area contributed by atoms with Gasteiger partial charge in [0.25, 0.3) is 0 Å². The lowest BCUT2D eigenvalue weighted by Gasteiger charge is -2.07. The molecular formula is C18H20ClFN2O. The van der Waals surface area contributed by atoms with Gasteiger partial charge in [-0.1, -0.05) is 41.9 Å². The Morgan fingerprint density at radius 3 is 2.52 bits per heavy atom. The molecule has 2 rings (SSSR count). The number of rotatable bonds is 8. The van der Waals surface area contributed by atoms with E-state index in [4.69, 9.17) is 11.6 Å². The van der Waals surface area contributed by atoms with Crippen LogP contribution in [0.2, 0.25) is 5.02 Å². The highest BCUT2D eigenvalue weighted by atomic mass is 35.5. The number of hydrogen-bond acceptors (Lipinski definition) is 2. The van der Waals surface area contributed by atoms with Gasteiger partial charge in [-0.05, 0) is 36.7 Å². The summed E-state index contributed by atoms with van der Waals surface area (Å²) in [6, 6.07) is 14.2. The van der Waals surface area contributed by atoms with E-state index in [0.717, 1.165) is 18.0 Å². The van der Waals surface area contributed by atoms with Crippen molar-refractivity contribution < 1.29 is 9.18 Å². The minimum Gasteiger partial charge on any atom is -0.352 e. The molecule has 0 aliphatic carbocycles. The van der Waals surface area contributed by atoms with E-state index in [0.29, 0.717) is 18.5 Å². The lowest BCUT2D eigenvalue weighted by Crippen LogP contribution is -2.28. The molecule has 0 spiro atoms. The molecule has 3 nitrogen and oxygen atoms in total. The highest BCUT2D eigenvalue weighted by molar-refractivity contribution is 6.30. The first-order valence-electron chi connectivity index (χ1n) is 7.60. The van der Waals surface area contributed by atoms with Crippen LogP contribution in [0.5, 0.6) is 0 Å². The quantitative estimate of drug-likeness (QED) is 0.727. The fourth-order valence-corrected chi connectivity index (χ4v) is 2.26. The predicted molar refractivity (Wildman–Crippen MR) is 90.9 cm³/mol. The monoisotopic (exact) mass is 334 g/mol. The molecule has 2 N–H and O–H groups in total. The van der Waals surface area contributed by atoms with Crippen molar-refractivity contribution in [1.82, 2.24) is 10.6 Å². The second kappa shape index (κ2) is 9.28. The molecule has 0 saturated carbocycles. The Morgan fingerprint density at radius 2 is 1.78 bits per heavy atom. The molecule has 0 bridgehead atoms. The highest BCUT2D eigenvalue weighted by Crippen LogP contribution is 2.09. The molecule has 2 aromatic rings. The number of benzene rings is 2. The van der Waals surface area contributed by atoms with Crippen molar-refractivity contribution in [1.29, 1.82) is 0 Å². The summed E-state index contributed by atoms with van der Waals surface area (Å²) < 4.78 is 13.4. The van der Waals surface area contributed by atoms with Crippen LogP contribution in [0.1, 0.15) is 17.5 Å². The van der Waals surface area contributed by atoms with Crippen molar-refractivity contribution in [2.45, 2.75) is 19.4 Å². The van der Waals surface area contributed by atoms with Gasteiger partial charge in [0, 0.05) is 30.1 Å². The maximum atomic E-state index is 13.4. The number of hydrogen-bond donors (Lipinski definition) is 2. The molecule has 0 fully saturated rings. The van der Waals surface area contributed by atoms with Crippen LogP contribution < -0.4 is 10.6 Å². The van der Waals surface area contributed by atoms with Gasteiger partial charge < -0.3 is 10.6 Å². The van der Waals surface area contributed by atoms with Crippen molar-refractivity contribution >= 4 is 17.5 Å². The third-order valence-electron chi connectivity index (χ3n) is 3.47. The summed E-state index contributed by atoms with van der Waals surface area (Å²) in [5, 5.41) is 6.67. The van der Waals surface area contributed by atoms with E-state index in [-0.39, 0.29) is 18.3 Å². The second-order valence-corrected chi connectivity index (χ2v) is 5.68. The van der Waals surface area contributed by atoms with Crippen molar-refractivity contribution in [2.24, 2.45) is 0 Å². The maximum Gasteiger partial charge on any atom is 0.221 e.